The molecule has 2 heterocycles. The zero-order chi connectivity index (χ0) is 19.0. The van der Waals surface area contributed by atoms with E-state index >= 15 is 0 Å². The highest BCUT2D eigenvalue weighted by Gasteiger charge is 2.63. The van der Waals surface area contributed by atoms with Gasteiger partial charge in [0.1, 0.15) is 0 Å². The SMILES string of the molecule is O=C1NC(=S)NC(=O)C12[C@H](c1ccccc1)NC(=S)N[C@H]2c1ccccc1. The monoisotopic (exact) mass is 396 g/mol. The molecule has 6 nitrogen and oxygen atoms in total. The van der Waals surface area contributed by atoms with E-state index in [1.165, 1.54) is 0 Å². The summed E-state index contributed by atoms with van der Waals surface area (Å²) in [4.78, 5) is 26.6. The Morgan fingerprint density at radius 2 is 1.07 bits per heavy atom. The van der Waals surface area contributed by atoms with E-state index in [0.29, 0.717) is 5.11 Å². The number of hydrogen-bond acceptors (Lipinski definition) is 4. The van der Waals surface area contributed by atoms with Crippen LogP contribution in [0.4, 0.5) is 0 Å². The molecule has 0 unspecified atom stereocenters. The third kappa shape index (κ3) is 2.77. The molecule has 0 bridgehead atoms. The topological polar surface area (TPSA) is 82.3 Å². The van der Waals surface area contributed by atoms with E-state index in [2.05, 4.69) is 21.3 Å². The highest BCUT2D eigenvalue weighted by atomic mass is 32.1. The first kappa shape index (κ1) is 17.6. The maximum Gasteiger partial charge on any atom is 0.246 e. The molecule has 2 aromatic rings. The first-order valence-corrected chi connectivity index (χ1v) is 9.19. The molecule has 2 amide bonds. The molecule has 27 heavy (non-hydrogen) atoms. The minimum absolute atomic E-state index is 0.00222. The van der Waals surface area contributed by atoms with Crippen molar-refractivity contribution in [1.82, 2.24) is 21.3 Å². The number of nitrogens with one attached hydrogen (secondary N) is 4. The molecule has 4 N–H and O–H groups in total. The number of carbonyl (C=O) groups excluding carboxylic acids is 2. The van der Waals surface area contributed by atoms with Crippen LogP contribution in [0.15, 0.2) is 60.7 Å². The predicted molar refractivity (Wildman–Crippen MR) is 109 cm³/mol. The summed E-state index contributed by atoms with van der Waals surface area (Å²) in [6.07, 6.45) is 0. The van der Waals surface area contributed by atoms with Crippen LogP contribution in [0.2, 0.25) is 0 Å². The quantitative estimate of drug-likeness (QED) is 0.455. The molecule has 2 aliphatic rings. The molecule has 0 saturated carbocycles. The third-order valence-electron chi connectivity index (χ3n) is 4.93. The molecule has 1 spiro atoms. The Hall–Kier alpha value is -2.84. The van der Waals surface area contributed by atoms with Crippen molar-refractivity contribution >= 4 is 46.5 Å². The van der Waals surface area contributed by atoms with Gasteiger partial charge in [0.25, 0.3) is 0 Å². The van der Waals surface area contributed by atoms with Gasteiger partial charge in [-0.3, -0.25) is 9.59 Å². The lowest BCUT2D eigenvalue weighted by Crippen LogP contribution is -2.73. The standard InChI is InChI=1S/C19H16N4O2S2/c24-15-19(16(25)23-18(27)22-15)13(11-7-3-1-4-8-11)20-17(26)21-14(19)12-9-5-2-6-10-12/h1-10,13-14H,(H2,20,21,26)(H2,22,23,24,25,27)/t13-,14-/m0/s1. The molecule has 0 radical (unpaired) electrons. The van der Waals surface area contributed by atoms with Crippen LogP contribution in [0.5, 0.6) is 0 Å². The summed E-state index contributed by atoms with van der Waals surface area (Å²) in [5.74, 6) is -0.942. The zero-order valence-corrected chi connectivity index (χ0v) is 15.7. The molecule has 2 aliphatic heterocycles. The van der Waals surface area contributed by atoms with E-state index < -0.39 is 29.3 Å². The maximum atomic E-state index is 13.3. The lowest BCUT2D eigenvalue weighted by Gasteiger charge is -2.50. The number of hydrogen-bond donors (Lipinski definition) is 4. The number of amides is 2. The lowest BCUT2D eigenvalue weighted by molar-refractivity contribution is -0.149. The summed E-state index contributed by atoms with van der Waals surface area (Å²) in [6, 6.07) is 17.3. The van der Waals surface area contributed by atoms with Crippen molar-refractivity contribution in [3.05, 3.63) is 71.8 Å². The molecule has 2 atom stereocenters. The minimum Gasteiger partial charge on any atom is -0.354 e. The molecule has 2 fully saturated rings. The van der Waals surface area contributed by atoms with E-state index in [9.17, 15) is 9.59 Å². The summed E-state index contributed by atoms with van der Waals surface area (Å²) in [5, 5.41) is 11.9. The minimum atomic E-state index is -1.52. The fourth-order valence-electron chi connectivity index (χ4n) is 3.75. The van der Waals surface area contributed by atoms with Crippen LogP contribution in [0.1, 0.15) is 23.2 Å². The highest BCUT2D eigenvalue weighted by Crippen LogP contribution is 2.48. The van der Waals surface area contributed by atoms with Crippen molar-refractivity contribution in [3.63, 3.8) is 0 Å². The Kier molecular flexibility index (Phi) is 4.37. The number of rotatable bonds is 2. The van der Waals surface area contributed by atoms with Gasteiger partial charge in [-0.1, -0.05) is 60.7 Å². The van der Waals surface area contributed by atoms with Crippen molar-refractivity contribution in [2.24, 2.45) is 5.41 Å². The van der Waals surface area contributed by atoms with Crippen LogP contribution in [0, 0.1) is 5.41 Å². The van der Waals surface area contributed by atoms with Crippen LogP contribution in [-0.2, 0) is 9.59 Å². The molecule has 0 aliphatic carbocycles. The zero-order valence-electron chi connectivity index (χ0n) is 14.1. The summed E-state index contributed by atoms with van der Waals surface area (Å²) in [6.45, 7) is 0. The Bertz CT molecular complexity index is 860. The molecule has 136 valence electrons. The first-order valence-electron chi connectivity index (χ1n) is 8.37. The number of benzene rings is 2. The smallest absolute Gasteiger partial charge is 0.246 e. The van der Waals surface area contributed by atoms with Crippen molar-refractivity contribution in [1.29, 1.82) is 0 Å². The van der Waals surface area contributed by atoms with Gasteiger partial charge < -0.3 is 21.3 Å². The van der Waals surface area contributed by atoms with E-state index in [1.807, 2.05) is 60.7 Å². The molecule has 8 heteroatoms. The van der Waals surface area contributed by atoms with Gasteiger partial charge in [0.15, 0.2) is 15.6 Å². The van der Waals surface area contributed by atoms with Gasteiger partial charge in [-0.05, 0) is 35.6 Å². The predicted octanol–water partition coefficient (Wildman–Crippen LogP) is 1.46. The van der Waals surface area contributed by atoms with Gasteiger partial charge in [-0.25, -0.2) is 0 Å². The fourth-order valence-corrected chi connectivity index (χ4v) is 4.17. The summed E-state index contributed by atoms with van der Waals surface area (Å²) in [5.41, 5.74) is 0.0358. The molecule has 0 aromatic heterocycles. The summed E-state index contributed by atoms with van der Waals surface area (Å²) < 4.78 is 0. The molecule has 2 saturated heterocycles. The van der Waals surface area contributed by atoms with Gasteiger partial charge in [0.05, 0.1) is 12.1 Å². The van der Waals surface area contributed by atoms with Crippen molar-refractivity contribution in [2.45, 2.75) is 12.1 Å². The Labute approximate surface area is 166 Å². The van der Waals surface area contributed by atoms with Gasteiger partial charge in [0, 0.05) is 0 Å². The van der Waals surface area contributed by atoms with Crippen molar-refractivity contribution in [2.75, 3.05) is 0 Å². The average Bonchev–Trinajstić information content (AvgIpc) is 2.67. The van der Waals surface area contributed by atoms with E-state index in [1.54, 1.807) is 0 Å². The summed E-state index contributed by atoms with van der Waals surface area (Å²) in [7, 11) is 0. The van der Waals surface area contributed by atoms with E-state index in [4.69, 9.17) is 24.4 Å². The fraction of sp³-hybridized carbons (Fsp3) is 0.158. The van der Waals surface area contributed by atoms with Crippen LogP contribution in [0.25, 0.3) is 0 Å². The second-order valence-corrected chi connectivity index (χ2v) is 7.23. The largest absolute Gasteiger partial charge is 0.354 e. The normalized spacial score (nSPS) is 23.9. The van der Waals surface area contributed by atoms with Gasteiger partial charge in [-0.2, -0.15) is 0 Å². The van der Waals surface area contributed by atoms with Gasteiger partial charge in [-0.15, -0.1) is 0 Å². The van der Waals surface area contributed by atoms with E-state index in [0.717, 1.165) is 11.1 Å². The van der Waals surface area contributed by atoms with Gasteiger partial charge in [0.2, 0.25) is 11.8 Å². The Morgan fingerprint density at radius 1 is 0.667 bits per heavy atom. The highest BCUT2D eigenvalue weighted by molar-refractivity contribution is 7.80. The molecule has 2 aromatic carbocycles. The number of thiocarbonyl (C=S) groups is 2. The van der Waals surface area contributed by atoms with Crippen molar-refractivity contribution < 1.29 is 9.59 Å². The average molecular weight is 396 g/mol. The molecular formula is C19H16N4O2S2. The maximum absolute atomic E-state index is 13.3. The first-order chi connectivity index (χ1) is 13.0. The van der Waals surface area contributed by atoms with Crippen LogP contribution < -0.4 is 21.3 Å². The third-order valence-corrected chi connectivity index (χ3v) is 5.37. The molecular weight excluding hydrogens is 380 g/mol. The Morgan fingerprint density at radius 3 is 1.48 bits per heavy atom. The van der Waals surface area contributed by atoms with Crippen LogP contribution in [0.3, 0.4) is 0 Å². The second kappa shape index (κ2) is 6.71. The van der Waals surface area contributed by atoms with E-state index in [-0.39, 0.29) is 5.11 Å². The molecule has 4 rings (SSSR count). The van der Waals surface area contributed by atoms with Gasteiger partial charge >= 0.3 is 0 Å². The van der Waals surface area contributed by atoms with Crippen LogP contribution >= 0.6 is 24.4 Å². The van der Waals surface area contributed by atoms with Crippen molar-refractivity contribution in [3.8, 4) is 0 Å². The second-order valence-electron chi connectivity index (χ2n) is 6.41. The number of carbonyl (C=O) groups is 2. The van der Waals surface area contributed by atoms with Crippen LogP contribution in [-0.4, -0.2) is 22.0 Å². The lowest BCUT2D eigenvalue weighted by atomic mass is 9.66. The Balaban J connectivity index is 1.95. The summed E-state index contributed by atoms with van der Waals surface area (Å²) >= 11 is 10.4.